The van der Waals surface area contributed by atoms with Gasteiger partial charge in [-0.15, -0.1) is 0 Å². The van der Waals surface area contributed by atoms with Gasteiger partial charge < -0.3 is 55.6 Å². The maximum absolute atomic E-state index is 12.2. The average molecular weight is 543 g/mol. The number of carbonyl (C=O) groups excluding carboxylic acids is 2. The molecule has 2 rings (SSSR count). The number of Topliss-reactive ketones (excluding diaryl/α,β-unsaturated/α-hetero) is 1. The predicted octanol–water partition coefficient (Wildman–Crippen LogP) is -5.50. The van der Waals surface area contributed by atoms with Crippen LogP contribution >= 0.6 is 7.82 Å². The number of rotatable bonds is 12. The van der Waals surface area contributed by atoms with Crippen molar-refractivity contribution in [1.29, 1.82) is 0 Å². The zero-order valence-electron chi connectivity index (χ0n) is 18.2. The van der Waals surface area contributed by atoms with E-state index in [2.05, 4.69) is 14.2 Å². The van der Waals surface area contributed by atoms with Crippen molar-refractivity contribution in [2.24, 2.45) is 0 Å². The summed E-state index contributed by atoms with van der Waals surface area (Å²) in [5, 5.41) is 58.3. The van der Waals surface area contributed by atoms with Crippen molar-refractivity contribution in [3.8, 4) is 0 Å². The lowest BCUT2D eigenvalue weighted by atomic mass is 9.99. The summed E-state index contributed by atoms with van der Waals surface area (Å²) in [6.45, 7) is -1.89. The summed E-state index contributed by atoms with van der Waals surface area (Å²) in [6.07, 6.45) is -15.1. The molecule has 18 nitrogen and oxygen atoms in total. The number of esters is 1. The number of nitrogens with zero attached hydrogens (tertiary/aromatic N) is 2. The van der Waals surface area contributed by atoms with Crippen molar-refractivity contribution < 1.29 is 68.6 Å². The van der Waals surface area contributed by atoms with E-state index in [1.54, 1.807) is 0 Å². The Kier molecular flexibility index (Phi) is 10.2. The largest absolute Gasteiger partial charge is 0.469 e. The number of carbonyl (C=O) groups is 2. The molecule has 0 amide bonds. The smallest absolute Gasteiger partial charge is 0.457 e. The monoisotopic (exact) mass is 543 g/mol. The first-order valence-corrected chi connectivity index (χ1v) is 11.6. The molecule has 10 N–H and O–H groups in total. The number of hydrogen-bond acceptors (Lipinski definition) is 15. The number of aliphatic hydroxyl groups is 6. The number of anilines is 1. The molecule has 8 atom stereocenters. The van der Waals surface area contributed by atoms with Crippen LogP contribution in [0.15, 0.2) is 17.1 Å². The number of nitrogens with two attached hydrogens (primary N) is 1. The highest BCUT2D eigenvalue weighted by molar-refractivity contribution is 7.46. The van der Waals surface area contributed by atoms with Gasteiger partial charge >= 0.3 is 19.5 Å². The van der Waals surface area contributed by atoms with Crippen LogP contribution in [-0.4, -0.2) is 118 Å². The van der Waals surface area contributed by atoms with E-state index in [-0.39, 0.29) is 5.82 Å². The first-order chi connectivity index (χ1) is 16.7. The van der Waals surface area contributed by atoms with Crippen LogP contribution in [0, 0.1) is 0 Å². The van der Waals surface area contributed by atoms with Crippen LogP contribution in [0.4, 0.5) is 5.82 Å². The van der Waals surface area contributed by atoms with E-state index in [1.165, 1.54) is 6.07 Å². The Morgan fingerprint density at radius 1 is 1.19 bits per heavy atom. The minimum absolute atomic E-state index is 0.113. The SMILES string of the molecule is Nc1ccn([C@@H]2O[C@H](COC(=O)C(=O)C[C@@H](OP(=O)(O)O)[C@@H](O)[C@H](O)[C@H](O)CO)[C@@H](O)[C@H]2O)c(=O)n1. The van der Waals surface area contributed by atoms with Gasteiger partial charge in [0, 0.05) is 12.6 Å². The van der Waals surface area contributed by atoms with E-state index in [9.17, 15) is 44.5 Å². The molecule has 1 aromatic rings. The first kappa shape index (κ1) is 29.9. The van der Waals surface area contributed by atoms with E-state index in [1.807, 2.05) is 0 Å². The Bertz CT molecular complexity index is 1030. The molecular formula is C17H26N3O15P. The Morgan fingerprint density at radius 3 is 2.39 bits per heavy atom. The molecule has 1 aliphatic rings. The van der Waals surface area contributed by atoms with Crippen LogP contribution in [0.2, 0.25) is 0 Å². The summed E-state index contributed by atoms with van der Waals surface area (Å²) in [5.74, 6) is -3.27. The summed E-state index contributed by atoms with van der Waals surface area (Å²) < 4.78 is 26.2. The molecule has 1 fully saturated rings. The van der Waals surface area contributed by atoms with Crippen molar-refractivity contribution >= 4 is 25.4 Å². The van der Waals surface area contributed by atoms with Gasteiger partial charge in [0.2, 0.25) is 5.78 Å². The molecule has 0 radical (unpaired) electrons. The molecular weight excluding hydrogens is 517 g/mol. The predicted molar refractivity (Wildman–Crippen MR) is 111 cm³/mol. The van der Waals surface area contributed by atoms with Crippen LogP contribution in [0.25, 0.3) is 0 Å². The second-order valence-corrected chi connectivity index (χ2v) is 8.87. The zero-order chi connectivity index (χ0) is 27.4. The van der Waals surface area contributed by atoms with Crippen LogP contribution < -0.4 is 11.4 Å². The highest BCUT2D eigenvalue weighted by Crippen LogP contribution is 2.39. The molecule has 19 heteroatoms. The molecule has 1 aliphatic heterocycles. The molecule has 0 saturated carbocycles. The molecule has 1 aromatic heterocycles. The van der Waals surface area contributed by atoms with E-state index in [4.69, 9.17) is 25.4 Å². The lowest BCUT2D eigenvalue weighted by molar-refractivity contribution is -0.161. The molecule has 0 unspecified atom stereocenters. The minimum atomic E-state index is -5.37. The molecule has 204 valence electrons. The van der Waals surface area contributed by atoms with Crippen molar-refractivity contribution in [3.63, 3.8) is 0 Å². The summed E-state index contributed by atoms with van der Waals surface area (Å²) in [6, 6.07) is 1.22. The number of hydrogen-bond donors (Lipinski definition) is 9. The molecule has 36 heavy (non-hydrogen) atoms. The number of aromatic nitrogens is 2. The number of aliphatic hydroxyl groups excluding tert-OH is 6. The second kappa shape index (κ2) is 12.3. The van der Waals surface area contributed by atoms with E-state index < -0.39 is 93.9 Å². The molecule has 1 saturated heterocycles. The number of phosphoric acid groups is 1. The average Bonchev–Trinajstić information content (AvgIpc) is 3.08. The van der Waals surface area contributed by atoms with E-state index in [0.29, 0.717) is 0 Å². The lowest BCUT2D eigenvalue weighted by Gasteiger charge is -2.28. The van der Waals surface area contributed by atoms with Gasteiger partial charge in [0.15, 0.2) is 6.23 Å². The second-order valence-electron chi connectivity index (χ2n) is 7.68. The third kappa shape index (κ3) is 7.58. The van der Waals surface area contributed by atoms with Crippen molar-refractivity contribution in [2.75, 3.05) is 18.9 Å². The van der Waals surface area contributed by atoms with Crippen molar-refractivity contribution in [2.45, 2.75) is 55.4 Å². The summed E-state index contributed by atoms with van der Waals surface area (Å²) in [5.41, 5.74) is 4.46. The Labute approximate surface area is 201 Å². The normalized spacial score (nSPS) is 25.7. The van der Waals surface area contributed by atoms with Crippen LogP contribution in [-0.2, 0) is 28.2 Å². The fourth-order valence-corrected chi connectivity index (χ4v) is 3.72. The van der Waals surface area contributed by atoms with Gasteiger partial charge in [-0.2, -0.15) is 4.98 Å². The summed E-state index contributed by atoms with van der Waals surface area (Å²) in [4.78, 5) is 57.6. The van der Waals surface area contributed by atoms with E-state index >= 15 is 0 Å². The van der Waals surface area contributed by atoms with Gasteiger partial charge in [0.25, 0.3) is 0 Å². The fraction of sp³-hybridized carbons (Fsp3) is 0.647. The number of phosphoric ester groups is 1. The Morgan fingerprint density at radius 2 is 1.83 bits per heavy atom. The van der Waals surface area contributed by atoms with Gasteiger partial charge in [0.05, 0.1) is 6.61 Å². The van der Waals surface area contributed by atoms with Crippen molar-refractivity contribution in [3.05, 3.63) is 22.7 Å². The molecule has 2 heterocycles. The lowest BCUT2D eigenvalue weighted by Crippen LogP contribution is -2.47. The van der Waals surface area contributed by atoms with Crippen LogP contribution in [0.1, 0.15) is 12.6 Å². The molecule has 0 bridgehead atoms. The topological polar surface area (TPSA) is 302 Å². The molecule has 0 aliphatic carbocycles. The Hall–Kier alpha value is -2.35. The number of nitrogen functional groups attached to an aromatic ring is 1. The van der Waals surface area contributed by atoms with Gasteiger partial charge in [0.1, 0.15) is 55.2 Å². The van der Waals surface area contributed by atoms with Gasteiger partial charge in [-0.3, -0.25) is 13.9 Å². The van der Waals surface area contributed by atoms with Gasteiger partial charge in [-0.25, -0.2) is 14.2 Å². The third-order valence-electron chi connectivity index (χ3n) is 5.04. The van der Waals surface area contributed by atoms with E-state index in [0.717, 1.165) is 10.8 Å². The van der Waals surface area contributed by atoms with Gasteiger partial charge in [-0.05, 0) is 6.07 Å². The fourth-order valence-electron chi connectivity index (χ4n) is 3.17. The standard InChI is InChI=1S/C17H26N3O15P/c18-10-1-2-20(17(29)19-10)15-14(27)13(26)9(34-15)5-33-16(28)6(22)3-8(35-36(30,31)32)12(25)11(24)7(23)4-21/h1-2,7-9,11-15,21,23-27H,3-5H2,(H2,18,19,29)(H2,30,31,32)/t7-,8-,9-,11-,12-,13-,14-,15-/m1/s1. The van der Waals surface area contributed by atoms with Gasteiger partial charge in [-0.1, -0.05) is 0 Å². The third-order valence-corrected chi connectivity index (χ3v) is 5.59. The van der Waals surface area contributed by atoms with Crippen LogP contribution in [0.5, 0.6) is 0 Å². The number of ether oxygens (including phenoxy) is 2. The molecule has 0 spiro atoms. The molecule has 0 aromatic carbocycles. The highest BCUT2D eigenvalue weighted by Gasteiger charge is 2.45. The maximum Gasteiger partial charge on any atom is 0.469 e. The summed E-state index contributed by atoms with van der Waals surface area (Å²) in [7, 11) is -5.37. The highest BCUT2D eigenvalue weighted by atomic mass is 31.2. The quantitative estimate of drug-likeness (QED) is 0.0674. The van der Waals surface area contributed by atoms with Crippen LogP contribution in [0.3, 0.4) is 0 Å². The summed E-state index contributed by atoms with van der Waals surface area (Å²) >= 11 is 0. The Balaban J connectivity index is 2.03. The first-order valence-electron chi connectivity index (χ1n) is 10.1. The number of ketones is 1. The van der Waals surface area contributed by atoms with Crippen molar-refractivity contribution in [1.82, 2.24) is 9.55 Å². The minimum Gasteiger partial charge on any atom is -0.457 e. The maximum atomic E-state index is 12.2. The zero-order valence-corrected chi connectivity index (χ0v) is 19.1.